The van der Waals surface area contributed by atoms with Gasteiger partial charge in [-0.15, -0.1) is 0 Å². The smallest absolute Gasteiger partial charge is 0.320 e. The molecule has 14 rings (SSSR count). The molecule has 8 unspecified atom stereocenters. The predicted octanol–water partition coefficient (Wildman–Crippen LogP) is 8.82. The van der Waals surface area contributed by atoms with E-state index in [9.17, 15) is 27.6 Å². The summed E-state index contributed by atoms with van der Waals surface area (Å²) in [5, 5.41) is 0. The van der Waals surface area contributed by atoms with Gasteiger partial charge in [0.25, 0.3) is 33.7 Å². The van der Waals surface area contributed by atoms with Gasteiger partial charge in [-0.05, 0) is 74.2 Å². The van der Waals surface area contributed by atoms with Crippen molar-refractivity contribution in [2.45, 2.75) is 121 Å². The monoisotopic (exact) mass is 1090 g/mol. The van der Waals surface area contributed by atoms with Crippen LogP contribution in [0.5, 0.6) is 0 Å². The van der Waals surface area contributed by atoms with Crippen LogP contribution in [0.1, 0.15) is 84.8 Å². The van der Waals surface area contributed by atoms with Gasteiger partial charge in [-0.1, -0.05) is 164 Å². The van der Waals surface area contributed by atoms with Crippen molar-refractivity contribution in [1.29, 1.82) is 0 Å². The first-order chi connectivity index (χ1) is 33.4. The van der Waals surface area contributed by atoms with Crippen molar-refractivity contribution in [2.75, 3.05) is 23.3 Å². The molecule has 4 aromatic rings. The zero-order valence-electron chi connectivity index (χ0n) is 39.1. The number of rotatable bonds is 7. The van der Waals surface area contributed by atoms with Crippen molar-refractivity contribution in [3.63, 3.8) is 0 Å². The van der Waals surface area contributed by atoms with E-state index in [2.05, 4.69) is 55.1 Å². The van der Waals surface area contributed by atoms with Crippen LogP contribution in [-0.4, -0.2) is 110 Å². The van der Waals surface area contributed by atoms with E-state index in [1.165, 1.54) is 55.0 Å². The Labute approximate surface area is 440 Å². The van der Waals surface area contributed by atoms with Crippen LogP contribution in [0.3, 0.4) is 0 Å². The van der Waals surface area contributed by atoms with Gasteiger partial charge in [0.15, 0.2) is 19.5 Å². The van der Waals surface area contributed by atoms with Gasteiger partial charge in [-0.2, -0.15) is 8.42 Å². The summed E-state index contributed by atoms with van der Waals surface area (Å²) in [6.07, 6.45) is 3.17. The Bertz CT molecular complexity index is 3040. The lowest BCUT2D eigenvalue weighted by Gasteiger charge is -2.58. The Kier molecular flexibility index (Phi) is 13.0. The summed E-state index contributed by atoms with van der Waals surface area (Å²) in [5.41, 5.74) is 3.83. The first-order valence-corrected chi connectivity index (χ1v) is 29.2. The fourth-order valence-corrected chi connectivity index (χ4v) is 21.7. The molecule has 10 aliphatic heterocycles. The molecule has 374 valence electrons. The highest BCUT2D eigenvalue weighted by Gasteiger charge is 2.79. The average Bonchev–Trinajstić information content (AvgIpc) is 3.97. The largest absolute Gasteiger partial charge is 0.335 e. The summed E-state index contributed by atoms with van der Waals surface area (Å²) in [5.74, 6) is -0.379. The number of carbonyl (C=O) groups excluding carboxylic acids is 4. The number of thioether (sulfide) groups is 2. The molecule has 0 radical (unpaired) electrons. The first-order valence-electron chi connectivity index (χ1n) is 22.9. The van der Waals surface area contributed by atoms with Crippen LogP contribution in [0.4, 0.5) is 17.1 Å². The highest BCUT2D eigenvalue weighted by Crippen LogP contribution is 2.71. The molecule has 8 fully saturated rings. The number of benzene rings is 4. The summed E-state index contributed by atoms with van der Waals surface area (Å²) in [6.45, 7) is 7.85. The third-order valence-electron chi connectivity index (χ3n) is 15.6. The molecular weight excluding hydrogens is 1040 g/mol. The van der Waals surface area contributed by atoms with Crippen molar-refractivity contribution in [1.82, 2.24) is 19.6 Å². The third kappa shape index (κ3) is 6.73. The van der Waals surface area contributed by atoms with E-state index < -0.39 is 52.7 Å². The van der Waals surface area contributed by atoms with E-state index in [1.54, 1.807) is 66.1 Å². The number of hydrogen-bond donors (Lipinski definition) is 0. The van der Waals surface area contributed by atoms with Crippen LogP contribution in [0.2, 0.25) is 0 Å². The van der Waals surface area contributed by atoms with Crippen LogP contribution in [0, 0.1) is 0 Å². The molecule has 4 aromatic carbocycles. The van der Waals surface area contributed by atoms with Crippen LogP contribution in [0.15, 0.2) is 114 Å². The molecule has 8 atom stereocenters. The van der Waals surface area contributed by atoms with E-state index in [-0.39, 0.29) is 47.5 Å². The zero-order chi connectivity index (χ0) is 50.0. The summed E-state index contributed by atoms with van der Waals surface area (Å²) in [4.78, 5) is 61.2. The molecule has 4 bridgehead atoms. The number of thiocarbonyl (C=S) groups is 1. The van der Waals surface area contributed by atoms with Crippen molar-refractivity contribution in [2.24, 2.45) is 0 Å². The number of amides is 4. The van der Waals surface area contributed by atoms with E-state index in [0.717, 1.165) is 36.2 Å². The number of likely N-dealkylation sites (N-methyl/N-ethyl adjacent to an activating group) is 2. The Morgan fingerprint density at radius 1 is 0.620 bits per heavy atom. The Morgan fingerprint density at radius 3 is 1.69 bits per heavy atom. The molecule has 2 spiro atoms. The van der Waals surface area contributed by atoms with Crippen LogP contribution >= 0.6 is 57.3 Å². The summed E-state index contributed by atoms with van der Waals surface area (Å²) < 4.78 is 47.0. The Morgan fingerprint density at radius 2 is 1.08 bits per heavy atom. The fourth-order valence-electron chi connectivity index (χ4n) is 12.6. The van der Waals surface area contributed by atoms with Gasteiger partial charge < -0.3 is 14.7 Å². The average molecular weight is 1090 g/mol. The van der Waals surface area contributed by atoms with Crippen molar-refractivity contribution in [3.05, 3.63) is 120 Å². The molecule has 0 N–H and O–H groups in total. The number of anilines is 3. The van der Waals surface area contributed by atoms with E-state index in [0.29, 0.717) is 28.5 Å². The van der Waals surface area contributed by atoms with Gasteiger partial charge >= 0.3 is 11.6 Å². The summed E-state index contributed by atoms with van der Waals surface area (Å²) in [6, 6.07) is 34.6. The minimum Gasteiger partial charge on any atom is -0.320 e. The molecule has 10 aliphatic rings. The minimum atomic E-state index is -4.01. The Balaban J connectivity index is 0.000000165. The second-order valence-corrected chi connectivity index (χ2v) is 27.7. The first kappa shape index (κ1) is 51.5. The number of fused-ring (bicyclic) bond motifs is 11. The normalized spacial score (nSPS) is 32.4. The highest BCUT2D eigenvalue weighted by molar-refractivity contribution is 8.78. The molecule has 0 aromatic heterocycles. The predicted molar refractivity (Wildman–Crippen MR) is 288 cm³/mol. The van der Waals surface area contributed by atoms with Crippen molar-refractivity contribution >= 4 is 123 Å². The van der Waals surface area contributed by atoms with Gasteiger partial charge in [0.2, 0.25) is 0 Å². The standard InChI is InChI=1S/C25H25N3O2S3.C24H25N3O4S3.CH4.O2S/c1-4-14-24-15-25-21(30)26(3)23(2,32-22(31)33-25)20(29)28(25)19(24)27(16-10-6-5-7-11-16)18-13-9-8-12-17(18)24;1-4-14-23-15-24-21(29)25(3)22(2,32-33-24)20(28)26(24)19(23)27(18-13-9-8-12-17(18)23)34(30,31)16-10-6-5-7-11-16;;1-3-2/h5-13,19H,4,14-15H2,1-3H3;5-13,19H,4,14-15H2,1-3H3;1H4;. The lowest BCUT2D eigenvalue weighted by Crippen LogP contribution is -2.76. The molecule has 8 saturated heterocycles. The van der Waals surface area contributed by atoms with E-state index in [1.807, 2.05) is 54.3 Å². The van der Waals surface area contributed by atoms with Crippen LogP contribution in [0.25, 0.3) is 0 Å². The topological polar surface area (TPSA) is 156 Å². The number of nitrogens with zero attached hydrogens (tertiary/aromatic N) is 6. The quantitative estimate of drug-likeness (QED) is 0.128. The minimum absolute atomic E-state index is 0. The van der Waals surface area contributed by atoms with E-state index in [4.69, 9.17) is 20.6 Å². The summed E-state index contributed by atoms with van der Waals surface area (Å²) in [7, 11) is 2.25. The molecule has 71 heavy (non-hydrogen) atoms. The fraction of sp³-hybridized carbons (Fsp3) is 0.420. The van der Waals surface area contributed by atoms with Gasteiger partial charge in [0, 0.05) is 49.1 Å². The lowest BCUT2D eigenvalue weighted by atomic mass is 9.74. The number of carbonyl (C=O) groups is 4. The molecule has 14 nitrogen and oxygen atoms in total. The SMILES string of the molecule is C.CCCC12CC34SC(=S)SC(C)(C(=O)N3C1N(c1ccccc1)c1ccccc12)N(C)C4=O.CCCC12CC34SSC(C)(C(=O)N3C1N(S(=O)(=O)c1ccccc1)c1ccccc12)N(C)C4=O.O=S=O. The number of para-hydroxylation sites is 3. The number of hydrogen-bond acceptors (Lipinski definition) is 14. The molecule has 21 heteroatoms. The Hall–Kier alpha value is -4.38. The van der Waals surface area contributed by atoms with Crippen molar-refractivity contribution in [3.8, 4) is 0 Å². The maximum atomic E-state index is 14.3. The van der Waals surface area contributed by atoms with Crippen LogP contribution < -0.4 is 9.21 Å². The second-order valence-electron chi connectivity index (χ2n) is 19.1. The highest BCUT2D eigenvalue weighted by atomic mass is 33.1. The lowest BCUT2D eigenvalue weighted by molar-refractivity contribution is -0.163. The zero-order valence-corrected chi connectivity index (χ0v) is 44.8. The van der Waals surface area contributed by atoms with Gasteiger partial charge in [0.05, 0.1) is 10.6 Å². The van der Waals surface area contributed by atoms with E-state index >= 15 is 0 Å². The molecule has 10 heterocycles. The number of piperazine rings is 2. The molecular formula is C50H54N6O8S7. The third-order valence-corrected chi connectivity index (χ3v) is 24.1. The maximum Gasteiger partial charge on any atom is 0.335 e. The van der Waals surface area contributed by atoms with Gasteiger partial charge in [-0.25, -0.2) is 12.7 Å². The molecule has 0 aliphatic carbocycles. The van der Waals surface area contributed by atoms with Gasteiger partial charge in [-0.3, -0.25) is 29.0 Å². The van der Waals surface area contributed by atoms with Crippen molar-refractivity contribution < 1.29 is 36.0 Å². The molecule has 0 saturated carbocycles. The maximum absolute atomic E-state index is 14.3. The second kappa shape index (κ2) is 17.9. The van der Waals surface area contributed by atoms with Crippen LogP contribution in [-0.2, 0) is 51.6 Å². The number of sulfonamides is 1. The van der Waals surface area contributed by atoms with Gasteiger partial charge in [0.1, 0.15) is 15.9 Å². The molecule has 4 amide bonds. The summed E-state index contributed by atoms with van der Waals surface area (Å²) >= 11 is 7.73.